The number of hydrogen-bond donors (Lipinski definition) is 1. The van der Waals surface area contributed by atoms with Gasteiger partial charge < -0.3 is 19.7 Å². The SMILES string of the molecule is COC(=O)CNC(=O)c1ncc(N2CCN(Cc3ccc(Cl)cc3)CC2)cc1OCc1ccccc1. The van der Waals surface area contributed by atoms with Gasteiger partial charge in [-0.2, -0.15) is 0 Å². The maximum atomic E-state index is 12.7. The average molecular weight is 509 g/mol. The molecule has 0 unspecified atom stereocenters. The molecule has 0 saturated carbocycles. The summed E-state index contributed by atoms with van der Waals surface area (Å²) in [5.74, 6) is -0.673. The summed E-state index contributed by atoms with van der Waals surface area (Å²) in [6.45, 7) is 4.34. The Morgan fingerprint density at radius 1 is 1.00 bits per heavy atom. The van der Waals surface area contributed by atoms with Crippen molar-refractivity contribution in [1.82, 2.24) is 15.2 Å². The van der Waals surface area contributed by atoms with Crippen LogP contribution in [0.1, 0.15) is 21.6 Å². The van der Waals surface area contributed by atoms with E-state index in [2.05, 4.69) is 37.0 Å². The van der Waals surface area contributed by atoms with Crippen LogP contribution in [0.15, 0.2) is 66.9 Å². The Kier molecular flexibility index (Phi) is 8.76. The molecule has 1 aromatic heterocycles. The third kappa shape index (κ3) is 6.96. The van der Waals surface area contributed by atoms with E-state index in [-0.39, 0.29) is 18.8 Å². The van der Waals surface area contributed by atoms with Gasteiger partial charge in [0.15, 0.2) is 11.4 Å². The van der Waals surface area contributed by atoms with Gasteiger partial charge in [0.2, 0.25) is 0 Å². The monoisotopic (exact) mass is 508 g/mol. The van der Waals surface area contributed by atoms with Gasteiger partial charge in [0, 0.05) is 43.8 Å². The van der Waals surface area contributed by atoms with Crippen molar-refractivity contribution in [1.29, 1.82) is 0 Å². The quantitative estimate of drug-likeness (QED) is 0.442. The molecule has 1 aliphatic rings. The second-order valence-electron chi connectivity index (χ2n) is 8.46. The number of benzene rings is 2. The van der Waals surface area contributed by atoms with Gasteiger partial charge in [0.1, 0.15) is 13.2 Å². The summed E-state index contributed by atoms with van der Waals surface area (Å²) in [6, 6.07) is 19.5. The lowest BCUT2D eigenvalue weighted by molar-refractivity contribution is -0.139. The van der Waals surface area contributed by atoms with Crippen molar-refractivity contribution >= 4 is 29.2 Å². The van der Waals surface area contributed by atoms with Crippen molar-refractivity contribution in [3.63, 3.8) is 0 Å². The predicted molar refractivity (Wildman–Crippen MR) is 138 cm³/mol. The Bertz CT molecular complexity index is 1170. The molecule has 3 aromatic rings. The highest BCUT2D eigenvalue weighted by Gasteiger charge is 2.22. The van der Waals surface area contributed by atoms with E-state index in [0.717, 1.165) is 49.0 Å². The van der Waals surface area contributed by atoms with Gasteiger partial charge in [-0.15, -0.1) is 0 Å². The van der Waals surface area contributed by atoms with Crippen LogP contribution in [0.3, 0.4) is 0 Å². The lowest BCUT2D eigenvalue weighted by Crippen LogP contribution is -2.46. The third-order valence-electron chi connectivity index (χ3n) is 5.97. The number of nitrogens with one attached hydrogen (secondary N) is 1. The third-order valence-corrected chi connectivity index (χ3v) is 6.22. The van der Waals surface area contributed by atoms with E-state index >= 15 is 0 Å². The van der Waals surface area contributed by atoms with E-state index in [1.165, 1.54) is 12.7 Å². The van der Waals surface area contributed by atoms with Gasteiger partial charge in [-0.3, -0.25) is 14.5 Å². The number of hydrogen-bond acceptors (Lipinski definition) is 7. The first kappa shape index (κ1) is 25.5. The summed E-state index contributed by atoms with van der Waals surface area (Å²) in [6.07, 6.45) is 1.68. The Labute approximate surface area is 215 Å². The second kappa shape index (κ2) is 12.4. The van der Waals surface area contributed by atoms with E-state index < -0.39 is 11.9 Å². The Morgan fingerprint density at radius 2 is 1.72 bits per heavy atom. The van der Waals surface area contributed by atoms with Crippen LogP contribution in [0.25, 0.3) is 0 Å². The van der Waals surface area contributed by atoms with Crippen LogP contribution in [0.2, 0.25) is 5.02 Å². The molecule has 0 atom stereocenters. The van der Waals surface area contributed by atoms with Crippen LogP contribution in [-0.4, -0.2) is 61.6 Å². The van der Waals surface area contributed by atoms with Crippen LogP contribution in [0.4, 0.5) is 5.69 Å². The summed E-state index contributed by atoms with van der Waals surface area (Å²) < 4.78 is 10.6. The van der Waals surface area contributed by atoms with Crippen LogP contribution in [0.5, 0.6) is 5.75 Å². The first-order valence-electron chi connectivity index (χ1n) is 11.8. The van der Waals surface area contributed by atoms with Crippen molar-refractivity contribution in [2.45, 2.75) is 13.2 Å². The topological polar surface area (TPSA) is 84.0 Å². The number of anilines is 1. The van der Waals surface area contributed by atoms with Crippen molar-refractivity contribution in [3.8, 4) is 5.75 Å². The number of ether oxygens (including phenoxy) is 2. The fourth-order valence-electron chi connectivity index (χ4n) is 3.94. The summed E-state index contributed by atoms with van der Waals surface area (Å²) >= 11 is 6.00. The Balaban J connectivity index is 1.44. The molecule has 188 valence electrons. The van der Waals surface area contributed by atoms with Gasteiger partial charge in [-0.25, -0.2) is 4.98 Å². The first-order chi connectivity index (χ1) is 17.5. The maximum Gasteiger partial charge on any atom is 0.325 e. The van der Waals surface area contributed by atoms with Gasteiger partial charge in [0.25, 0.3) is 5.91 Å². The molecular formula is C27H29ClN4O4. The van der Waals surface area contributed by atoms with Crippen molar-refractivity contribution < 1.29 is 19.1 Å². The number of aromatic nitrogens is 1. The molecule has 0 spiro atoms. The zero-order valence-electron chi connectivity index (χ0n) is 20.2. The predicted octanol–water partition coefficient (Wildman–Crippen LogP) is 3.54. The normalized spacial score (nSPS) is 13.8. The maximum absolute atomic E-state index is 12.7. The number of carbonyl (C=O) groups is 2. The number of piperazine rings is 1. The minimum Gasteiger partial charge on any atom is -0.486 e. The standard InChI is InChI=1S/C27H29ClN4O4/c1-35-25(33)17-30-27(34)26-24(36-19-21-5-3-2-4-6-21)15-23(16-29-26)32-13-11-31(12-14-32)18-20-7-9-22(28)10-8-20/h2-10,15-16H,11-14,17-19H2,1H3,(H,30,34). The van der Waals surface area contributed by atoms with E-state index in [1.54, 1.807) is 6.20 Å². The zero-order valence-corrected chi connectivity index (χ0v) is 20.9. The summed E-state index contributed by atoms with van der Waals surface area (Å²) in [7, 11) is 1.27. The minimum atomic E-state index is -0.539. The minimum absolute atomic E-state index is 0.125. The first-order valence-corrected chi connectivity index (χ1v) is 12.1. The number of pyridine rings is 1. The van der Waals surface area contributed by atoms with Crippen molar-refractivity contribution in [3.05, 3.63) is 88.7 Å². The molecule has 9 heteroatoms. The van der Waals surface area contributed by atoms with Crippen LogP contribution in [0, 0.1) is 0 Å². The number of halogens is 1. The molecule has 36 heavy (non-hydrogen) atoms. The van der Waals surface area contributed by atoms with Gasteiger partial charge in [-0.05, 0) is 23.3 Å². The average Bonchev–Trinajstić information content (AvgIpc) is 2.92. The highest BCUT2D eigenvalue weighted by Crippen LogP contribution is 2.26. The lowest BCUT2D eigenvalue weighted by Gasteiger charge is -2.36. The van der Waals surface area contributed by atoms with E-state index in [0.29, 0.717) is 5.75 Å². The van der Waals surface area contributed by atoms with E-state index in [9.17, 15) is 9.59 Å². The largest absolute Gasteiger partial charge is 0.486 e. The summed E-state index contributed by atoms with van der Waals surface area (Å²) in [4.78, 5) is 33.2. The molecular weight excluding hydrogens is 480 g/mol. The molecule has 0 radical (unpaired) electrons. The van der Waals surface area contributed by atoms with Crippen molar-refractivity contribution in [2.24, 2.45) is 0 Å². The second-order valence-corrected chi connectivity index (χ2v) is 8.90. The number of esters is 1. The molecule has 1 fully saturated rings. The molecule has 1 N–H and O–H groups in total. The fourth-order valence-corrected chi connectivity index (χ4v) is 4.07. The molecule has 2 aromatic carbocycles. The van der Waals surface area contributed by atoms with Gasteiger partial charge >= 0.3 is 5.97 Å². The Hall–Kier alpha value is -3.62. The van der Waals surface area contributed by atoms with Crippen LogP contribution >= 0.6 is 11.6 Å². The molecule has 2 heterocycles. The zero-order chi connectivity index (χ0) is 25.3. The molecule has 0 aliphatic carbocycles. The lowest BCUT2D eigenvalue weighted by atomic mass is 10.2. The molecule has 1 saturated heterocycles. The molecule has 0 bridgehead atoms. The number of amides is 1. The van der Waals surface area contributed by atoms with Gasteiger partial charge in [-0.1, -0.05) is 54.1 Å². The van der Waals surface area contributed by atoms with Crippen LogP contribution in [-0.2, 0) is 22.7 Å². The smallest absolute Gasteiger partial charge is 0.325 e. The van der Waals surface area contributed by atoms with Crippen molar-refractivity contribution in [2.75, 3.05) is 44.7 Å². The number of carbonyl (C=O) groups excluding carboxylic acids is 2. The van der Waals surface area contributed by atoms with Crippen LogP contribution < -0.4 is 15.0 Å². The van der Waals surface area contributed by atoms with E-state index in [4.69, 9.17) is 16.3 Å². The number of methoxy groups -OCH3 is 1. The highest BCUT2D eigenvalue weighted by molar-refractivity contribution is 6.30. The molecule has 1 amide bonds. The summed E-state index contributed by atoms with van der Waals surface area (Å²) in [5, 5.41) is 3.27. The molecule has 8 nitrogen and oxygen atoms in total. The number of nitrogens with zero attached hydrogens (tertiary/aromatic N) is 3. The highest BCUT2D eigenvalue weighted by atomic mass is 35.5. The molecule has 1 aliphatic heterocycles. The van der Waals surface area contributed by atoms with Gasteiger partial charge in [0.05, 0.1) is 19.0 Å². The Morgan fingerprint density at radius 3 is 2.42 bits per heavy atom. The number of rotatable bonds is 9. The fraction of sp³-hybridized carbons (Fsp3) is 0.296. The van der Waals surface area contributed by atoms with E-state index in [1.807, 2.05) is 48.5 Å². The molecule has 4 rings (SSSR count). The summed E-state index contributed by atoms with van der Waals surface area (Å²) in [5.41, 5.74) is 3.21.